The van der Waals surface area contributed by atoms with Crippen molar-refractivity contribution in [3.63, 3.8) is 0 Å². The van der Waals surface area contributed by atoms with E-state index in [0.29, 0.717) is 33.2 Å². The summed E-state index contributed by atoms with van der Waals surface area (Å²) in [6.45, 7) is 0. The predicted octanol–water partition coefficient (Wildman–Crippen LogP) is 5.23. The van der Waals surface area contributed by atoms with Gasteiger partial charge in [0, 0.05) is 22.7 Å². The Morgan fingerprint density at radius 3 is 2.44 bits per heavy atom. The van der Waals surface area contributed by atoms with E-state index in [2.05, 4.69) is 15.0 Å². The maximum absolute atomic E-state index is 13.3. The van der Waals surface area contributed by atoms with E-state index >= 15 is 0 Å². The molecule has 0 saturated carbocycles. The Balaban J connectivity index is 1.72. The summed E-state index contributed by atoms with van der Waals surface area (Å²) in [4.78, 5) is 31.1. The van der Waals surface area contributed by atoms with Crippen LogP contribution >= 0.6 is 11.6 Å². The molecule has 0 radical (unpaired) electrons. The number of nitrogens with zero attached hydrogens (tertiary/aromatic N) is 4. The lowest BCUT2D eigenvalue weighted by Gasteiger charge is -2.13. The molecular formula is C26H18ClN5O2. The number of nitrogen functional groups attached to an aromatic ring is 1. The predicted molar refractivity (Wildman–Crippen MR) is 132 cm³/mol. The highest BCUT2D eigenvalue weighted by Crippen LogP contribution is 2.35. The smallest absolute Gasteiger partial charge is 0.233 e. The number of fused-ring (bicyclic) bond motifs is 1. The van der Waals surface area contributed by atoms with E-state index in [1.54, 1.807) is 24.4 Å². The van der Waals surface area contributed by atoms with Gasteiger partial charge in [-0.25, -0.2) is 15.0 Å². The molecule has 0 aliphatic rings. The van der Waals surface area contributed by atoms with Crippen LogP contribution in [0.1, 0.15) is 16.2 Å². The SMILES string of the molecule is COc1ccc(C(=O)c2nc(-c3cc(Cl)c4ncccc4c3)c(-c3ccccc3)nc2N)nc1. The molecule has 2 N–H and O–H groups in total. The highest BCUT2D eigenvalue weighted by Gasteiger charge is 2.22. The molecule has 0 saturated heterocycles. The number of methoxy groups -OCH3 is 1. The molecule has 3 aromatic heterocycles. The monoisotopic (exact) mass is 467 g/mol. The van der Waals surface area contributed by atoms with Crippen molar-refractivity contribution in [1.82, 2.24) is 19.9 Å². The van der Waals surface area contributed by atoms with Gasteiger partial charge in [-0.1, -0.05) is 48.0 Å². The Labute approximate surface area is 200 Å². The van der Waals surface area contributed by atoms with Gasteiger partial charge in [0.1, 0.15) is 11.4 Å². The van der Waals surface area contributed by atoms with Gasteiger partial charge in [-0.3, -0.25) is 9.78 Å². The topological polar surface area (TPSA) is 104 Å². The van der Waals surface area contributed by atoms with Crippen molar-refractivity contribution < 1.29 is 9.53 Å². The average Bonchev–Trinajstić information content (AvgIpc) is 2.88. The third-order valence-electron chi connectivity index (χ3n) is 5.32. The van der Waals surface area contributed by atoms with Gasteiger partial charge in [0.15, 0.2) is 11.5 Å². The van der Waals surface area contributed by atoms with Crippen LogP contribution in [-0.2, 0) is 0 Å². The van der Waals surface area contributed by atoms with Gasteiger partial charge in [-0.05, 0) is 30.3 Å². The molecule has 34 heavy (non-hydrogen) atoms. The van der Waals surface area contributed by atoms with Crippen LogP contribution in [0.4, 0.5) is 5.82 Å². The van der Waals surface area contributed by atoms with E-state index < -0.39 is 5.78 Å². The lowest BCUT2D eigenvalue weighted by molar-refractivity contribution is 0.103. The first-order valence-corrected chi connectivity index (χ1v) is 10.8. The molecule has 3 heterocycles. The molecule has 2 aromatic carbocycles. The molecule has 0 atom stereocenters. The minimum Gasteiger partial charge on any atom is -0.495 e. The first kappa shape index (κ1) is 21.5. The van der Waals surface area contributed by atoms with Crippen LogP contribution in [0.2, 0.25) is 5.02 Å². The summed E-state index contributed by atoms with van der Waals surface area (Å²) in [5.41, 5.74) is 9.62. The fraction of sp³-hybridized carbons (Fsp3) is 0.0385. The van der Waals surface area contributed by atoms with Crippen LogP contribution in [0.5, 0.6) is 5.75 Å². The second kappa shape index (κ2) is 8.88. The number of hydrogen-bond donors (Lipinski definition) is 1. The van der Waals surface area contributed by atoms with E-state index in [1.807, 2.05) is 48.5 Å². The summed E-state index contributed by atoms with van der Waals surface area (Å²) in [5.74, 6) is 0.107. The molecule has 0 fully saturated rings. The summed E-state index contributed by atoms with van der Waals surface area (Å²) < 4.78 is 5.12. The van der Waals surface area contributed by atoms with Crippen molar-refractivity contribution in [3.05, 3.63) is 95.5 Å². The van der Waals surface area contributed by atoms with Gasteiger partial charge in [-0.15, -0.1) is 0 Å². The normalized spacial score (nSPS) is 10.9. The Bertz CT molecular complexity index is 1520. The number of ether oxygens (including phenoxy) is 1. The average molecular weight is 468 g/mol. The summed E-state index contributed by atoms with van der Waals surface area (Å²) in [7, 11) is 1.53. The van der Waals surface area contributed by atoms with E-state index in [0.717, 1.165) is 10.9 Å². The Hall–Kier alpha value is -4.36. The zero-order chi connectivity index (χ0) is 23.7. The minimum atomic E-state index is -0.443. The van der Waals surface area contributed by atoms with Gasteiger partial charge in [-0.2, -0.15) is 0 Å². The fourth-order valence-electron chi connectivity index (χ4n) is 3.66. The number of benzene rings is 2. The van der Waals surface area contributed by atoms with Gasteiger partial charge in [0.2, 0.25) is 5.78 Å². The molecule has 0 spiro atoms. The molecule has 7 nitrogen and oxygen atoms in total. The second-order valence-electron chi connectivity index (χ2n) is 7.47. The van der Waals surface area contributed by atoms with Gasteiger partial charge >= 0.3 is 0 Å². The molecule has 166 valence electrons. The third kappa shape index (κ3) is 3.93. The van der Waals surface area contributed by atoms with Gasteiger partial charge in [0.25, 0.3) is 0 Å². The number of nitrogens with two attached hydrogens (primary N) is 1. The fourth-order valence-corrected chi connectivity index (χ4v) is 3.93. The number of carbonyl (C=O) groups excluding carboxylic acids is 1. The quantitative estimate of drug-likeness (QED) is 0.353. The van der Waals surface area contributed by atoms with Crippen molar-refractivity contribution in [2.24, 2.45) is 0 Å². The van der Waals surface area contributed by atoms with Gasteiger partial charge in [0.05, 0.1) is 35.2 Å². The molecular weight excluding hydrogens is 450 g/mol. The summed E-state index contributed by atoms with van der Waals surface area (Å²) >= 11 is 6.54. The molecule has 0 amide bonds. The zero-order valence-corrected chi connectivity index (χ0v) is 18.8. The number of aromatic nitrogens is 4. The van der Waals surface area contributed by atoms with Crippen LogP contribution in [0.15, 0.2) is 79.1 Å². The Morgan fingerprint density at radius 2 is 1.71 bits per heavy atom. The summed E-state index contributed by atoms with van der Waals surface area (Å²) in [6.07, 6.45) is 3.15. The molecule has 0 unspecified atom stereocenters. The number of pyridine rings is 2. The summed E-state index contributed by atoms with van der Waals surface area (Å²) in [6, 6.07) is 20.2. The standard InChI is InChI=1S/C26H18ClN5O2/c1-34-18-9-10-20(30-14-18)25(33)24-26(28)32-22(15-6-3-2-4-7-15)23(31-24)17-12-16-8-5-11-29-21(16)19(27)13-17/h2-14H,1H3,(H2,28,32). The zero-order valence-electron chi connectivity index (χ0n) is 18.1. The highest BCUT2D eigenvalue weighted by atomic mass is 35.5. The van der Waals surface area contributed by atoms with Gasteiger partial charge < -0.3 is 10.5 Å². The number of carbonyl (C=O) groups is 1. The van der Waals surface area contributed by atoms with E-state index in [4.69, 9.17) is 27.1 Å². The number of rotatable bonds is 5. The van der Waals surface area contributed by atoms with Crippen LogP contribution in [0.3, 0.4) is 0 Å². The largest absolute Gasteiger partial charge is 0.495 e. The first-order chi connectivity index (χ1) is 16.5. The van der Waals surface area contributed by atoms with Crippen LogP contribution in [0, 0.1) is 0 Å². The molecule has 0 aliphatic heterocycles. The van der Waals surface area contributed by atoms with Crippen LogP contribution < -0.4 is 10.5 Å². The van der Waals surface area contributed by atoms with Crippen molar-refractivity contribution in [2.45, 2.75) is 0 Å². The van der Waals surface area contributed by atoms with Crippen molar-refractivity contribution in [1.29, 1.82) is 0 Å². The molecule has 0 bridgehead atoms. The number of halogens is 1. The molecule has 5 aromatic rings. The highest BCUT2D eigenvalue weighted by molar-refractivity contribution is 6.35. The first-order valence-electron chi connectivity index (χ1n) is 10.4. The number of ketones is 1. The Morgan fingerprint density at radius 1 is 0.912 bits per heavy atom. The second-order valence-corrected chi connectivity index (χ2v) is 7.87. The maximum atomic E-state index is 13.3. The maximum Gasteiger partial charge on any atom is 0.233 e. The third-order valence-corrected chi connectivity index (χ3v) is 5.61. The molecule has 8 heteroatoms. The lowest BCUT2D eigenvalue weighted by Crippen LogP contribution is -2.13. The van der Waals surface area contributed by atoms with Crippen molar-refractivity contribution >= 4 is 34.1 Å². The molecule has 5 rings (SSSR count). The van der Waals surface area contributed by atoms with E-state index in [9.17, 15) is 4.79 Å². The lowest BCUT2D eigenvalue weighted by atomic mass is 10.0. The molecule has 0 aliphatic carbocycles. The number of anilines is 1. The van der Waals surface area contributed by atoms with Crippen molar-refractivity contribution in [3.8, 4) is 28.3 Å². The van der Waals surface area contributed by atoms with Crippen molar-refractivity contribution in [2.75, 3.05) is 12.8 Å². The Kier molecular flexibility index (Phi) is 5.61. The minimum absolute atomic E-state index is 0.00903. The summed E-state index contributed by atoms with van der Waals surface area (Å²) in [5, 5.41) is 1.31. The van der Waals surface area contributed by atoms with E-state index in [-0.39, 0.29) is 17.2 Å². The van der Waals surface area contributed by atoms with E-state index in [1.165, 1.54) is 13.3 Å². The van der Waals surface area contributed by atoms with Crippen LogP contribution in [-0.4, -0.2) is 32.8 Å². The number of hydrogen-bond acceptors (Lipinski definition) is 7. The van der Waals surface area contributed by atoms with Crippen LogP contribution in [0.25, 0.3) is 33.4 Å².